The zero-order valence-corrected chi connectivity index (χ0v) is 45.9. The number of hydrogen-bond donors (Lipinski definition) is 0. The third-order valence-corrected chi connectivity index (χ3v) is 17.9. The number of aromatic nitrogens is 5. The van der Waals surface area contributed by atoms with E-state index in [9.17, 15) is 5.26 Å². The van der Waals surface area contributed by atoms with E-state index in [-0.39, 0.29) is 0 Å². The Labute approximate surface area is 488 Å². The summed E-state index contributed by atoms with van der Waals surface area (Å²) in [5.41, 5.74) is 19.7. The topological polar surface area (TPSA) is 48.4 Å². The summed E-state index contributed by atoms with van der Waals surface area (Å²) in [7, 11) is 0. The quantitative estimate of drug-likeness (QED) is 0.157. The SMILES string of the molecule is N#Cc1c(-c2ccccc2)c(-n2c3ccccc3c3ccc4c(c5ccccc5n4-c4ccccc4)c32)c(-n2c3ccccc3c3ccccc32)c(-n2c3ccccc3c3ccc4c(c5ccccc5n4-c4ccccc4)c32)c1-c1ccccc1. The van der Waals surface area contributed by atoms with Crippen LogP contribution in [-0.4, -0.2) is 22.8 Å². The lowest BCUT2D eigenvalue weighted by molar-refractivity contribution is 1.05. The molecule has 0 radical (unpaired) electrons. The van der Waals surface area contributed by atoms with Crippen molar-refractivity contribution in [1.29, 1.82) is 5.26 Å². The molecule has 0 saturated heterocycles. The minimum atomic E-state index is 0.571. The van der Waals surface area contributed by atoms with Crippen LogP contribution in [0.3, 0.4) is 0 Å². The molecule has 0 atom stereocenters. The van der Waals surface area contributed by atoms with Crippen LogP contribution in [0.2, 0.25) is 0 Å². The Morgan fingerprint density at radius 1 is 0.224 bits per heavy atom. The average Bonchev–Trinajstić information content (AvgIpc) is 1.69. The highest BCUT2D eigenvalue weighted by Gasteiger charge is 2.35. The highest BCUT2D eigenvalue weighted by molar-refractivity contribution is 6.29. The molecule has 0 unspecified atom stereocenters. The van der Waals surface area contributed by atoms with E-state index in [4.69, 9.17) is 0 Å². The Kier molecular flexibility index (Phi) is 10.1. The molecule has 6 nitrogen and oxygen atoms in total. The summed E-state index contributed by atoms with van der Waals surface area (Å²) in [6.07, 6.45) is 0. The van der Waals surface area contributed by atoms with Crippen molar-refractivity contribution in [2.45, 2.75) is 0 Å². The standard InChI is InChI=1S/C79H48N6/c80-49-62-71(50-25-5-1-6-26-50)77(84-65-41-21-15-35-56(65)58-45-47-69-73(75(58)84)60-37-17-23-43-67(60)81(69)52-29-9-3-10-30-52)79(83-63-39-19-13-33-54(63)55-34-14-20-40-64(55)83)78(72(62)51-27-7-2-8-28-51)85-66-42-22-16-36-57(66)59-46-48-70-74(76(59)85)61-38-18-24-44-68(61)82(70)53-31-11-4-12-32-53/h1-48H. The van der Waals surface area contributed by atoms with Crippen LogP contribution in [0.15, 0.2) is 291 Å². The molecule has 0 bridgehead atoms. The summed E-state index contributed by atoms with van der Waals surface area (Å²) in [5, 5.41) is 24.0. The Morgan fingerprint density at radius 2 is 0.518 bits per heavy atom. The van der Waals surface area contributed by atoms with Crippen molar-refractivity contribution >= 4 is 109 Å². The van der Waals surface area contributed by atoms with Gasteiger partial charge in [0.15, 0.2) is 0 Å². The van der Waals surface area contributed by atoms with Crippen LogP contribution in [0.5, 0.6) is 0 Å². The predicted molar refractivity (Wildman–Crippen MR) is 354 cm³/mol. The van der Waals surface area contributed by atoms with Crippen LogP contribution in [-0.2, 0) is 0 Å². The molecule has 0 aliphatic carbocycles. The molecule has 5 heterocycles. The number of nitriles is 1. The lowest BCUT2D eigenvalue weighted by Gasteiger charge is -2.29. The largest absolute Gasteiger partial charge is 0.309 e. The van der Waals surface area contributed by atoms with Gasteiger partial charge in [-0.05, 0) is 83.9 Å². The van der Waals surface area contributed by atoms with E-state index in [2.05, 4.69) is 320 Å². The van der Waals surface area contributed by atoms with Crippen molar-refractivity contribution in [2.24, 2.45) is 0 Å². The monoisotopic (exact) mass is 1080 g/mol. The van der Waals surface area contributed by atoms with E-state index in [1.165, 1.54) is 0 Å². The van der Waals surface area contributed by atoms with Crippen LogP contribution in [0.25, 0.3) is 160 Å². The number of rotatable bonds is 7. The zero-order valence-electron chi connectivity index (χ0n) is 45.9. The van der Waals surface area contributed by atoms with Crippen LogP contribution < -0.4 is 0 Å². The fraction of sp³-hybridized carbons (Fsp3) is 0. The number of nitrogens with zero attached hydrogens (tertiary/aromatic N) is 6. The van der Waals surface area contributed by atoms with Crippen LogP contribution >= 0.6 is 0 Å². The molecule has 0 N–H and O–H groups in total. The third kappa shape index (κ3) is 6.52. The van der Waals surface area contributed by atoms with Crippen LogP contribution in [0.4, 0.5) is 0 Å². The summed E-state index contributed by atoms with van der Waals surface area (Å²) in [5.74, 6) is 0. The highest BCUT2D eigenvalue weighted by Crippen LogP contribution is 2.54. The Hall–Kier alpha value is -11.7. The molecule has 18 aromatic rings. The molecule has 0 fully saturated rings. The fourth-order valence-corrected chi connectivity index (χ4v) is 14.6. The molecule has 394 valence electrons. The van der Waals surface area contributed by atoms with Crippen molar-refractivity contribution in [3.63, 3.8) is 0 Å². The van der Waals surface area contributed by atoms with Gasteiger partial charge in [0.1, 0.15) is 6.07 Å². The lowest BCUT2D eigenvalue weighted by Crippen LogP contribution is -2.14. The van der Waals surface area contributed by atoms with Gasteiger partial charge in [-0.1, -0.05) is 218 Å². The summed E-state index contributed by atoms with van der Waals surface area (Å²) < 4.78 is 12.5. The molecule has 0 amide bonds. The van der Waals surface area contributed by atoms with Crippen molar-refractivity contribution in [1.82, 2.24) is 22.8 Å². The number of benzene rings is 13. The summed E-state index contributed by atoms with van der Waals surface area (Å²) in [6, 6.07) is 108. The number of fused-ring (bicyclic) bond motifs is 17. The molecular weight excluding hydrogens is 1030 g/mol. The van der Waals surface area contributed by atoms with E-state index < -0.39 is 0 Å². The number of hydrogen-bond acceptors (Lipinski definition) is 1. The minimum absolute atomic E-state index is 0.571. The van der Waals surface area contributed by atoms with Gasteiger partial charge in [0.2, 0.25) is 0 Å². The maximum atomic E-state index is 12.8. The van der Waals surface area contributed by atoms with E-state index in [0.717, 1.165) is 160 Å². The molecule has 5 aromatic heterocycles. The zero-order chi connectivity index (χ0) is 55.9. The van der Waals surface area contributed by atoms with Gasteiger partial charge in [-0.2, -0.15) is 5.26 Å². The van der Waals surface area contributed by atoms with Gasteiger partial charge >= 0.3 is 0 Å². The van der Waals surface area contributed by atoms with Crippen molar-refractivity contribution < 1.29 is 0 Å². The summed E-state index contributed by atoms with van der Waals surface area (Å²) in [6.45, 7) is 0. The van der Waals surface area contributed by atoms with Crippen molar-refractivity contribution in [2.75, 3.05) is 0 Å². The van der Waals surface area contributed by atoms with Gasteiger partial charge in [-0.25, -0.2) is 0 Å². The summed E-state index contributed by atoms with van der Waals surface area (Å²) in [4.78, 5) is 0. The van der Waals surface area contributed by atoms with E-state index in [1.54, 1.807) is 0 Å². The molecule has 18 rings (SSSR count). The second-order valence-electron chi connectivity index (χ2n) is 22.2. The third-order valence-electron chi connectivity index (χ3n) is 17.9. The van der Waals surface area contributed by atoms with E-state index >= 15 is 0 Å². The molecule has 0 aliphatic heterocycles. The molecule has 6 heteroatoms. The van der Waals surface area contributed by atoms with Crippen molar-refractivity contribution in [3.05, 3.63) is 297 Å². The molecular formula is C79H48N6. The maximum absolute atomic E-state index is 12.8. The van der Waals surface area contributed by atoms with E-state index in [0.29, 0.717) is 5.56 Å². The smallest absolute Gasteiger partial charge is 0.101 e. The Balaban J connectivity index is 1.18. The Bertz CT molecular complexity index is 5480. The second kappa shape index (κ2) is 18.2. The molecule has 0 aliphatic rings. The van der Waals surface area contributed by atoms with Gasteiger partial charge in [-0.15, -0.1) is 0 Å². The second-order valence-corrected chi connectivity index (χ2v) is 22.2. The van der Waals surface area contributed by atoms with Gasteiger partial charge in [0, 0.05) is 76.4 Å². The van der Waals surface area contributed by atoms with Crippen molar-refractivity contribution in [3.8, 4) is 56.8 Å². The fourth-order valence-electron chi connectivity index (χ4n) is 14.6. The average molecular weight is 1080 g/mol. The molecule has 0 saturated carbocycles. The highest BCUT2D eigenvalue weighted by atomic mass is 15.1. The maximum Gasteiger partial charge on any atom is 0.101 e. The summed E-state index contributed by atoms with van der Waals surface area (Å²) >= 11 is 0. The van der Waals surface area contributed by atoms with Crippen LogP contribution in [0, 0.1) is 11.3 Å². The molecule has 85 heavy (non-hydrogen) atoms. The lowest BCUT2D eigenvalue weighted by atomic mass is 9.87. The first-order valence-electron chi connectivity index (χ1n) is 29.0. The first-order valence-corrected chi connectivity index (χ1v) is 29.0. The predicted octanol–water partition coefficient (Wildman–Crippen LogP) is 20.4. The van der Waals surface area contributed by atoms with Gasteiger partial charge in [0.25, 0.3) is 0 Å². The van der Waals surface area contributed by atoms with Gasteiger partial charge < -0.3 is 22.8 Å². The van der Waals surface area contributed by atoms with Gasteiger partial charge in [0.05, 0.1) is 77.8 Å². The van der Waals surface area contributed by atoms with Gasteiger partial charge in [-0.3, -0.25) is 0 Å². The normalized spacial score (nSPS) is 12.0. The number of para-hydroxylation sites is 8. The first-order chi connectivity index (χ1) is 42.2. The minimum Gasteiger partial charge on any atom is -0.309 e. The van der Waals surface area contributed by atoms with Crippen LogP contribution in [0.1, 0.15) is 5.56 Å². The molecule has 13 aromatic carbocycles. The Morgan fingerprint density at radius 3 is 0.882 bits per heavy atom. The first kappa shape index (κ1) is 47.0. The molecule has 0 spiro atoms. The van der Waals surface area contributed by atoms with E-state index in [1.807, 2.05) is 0 Å².